The summed E-state index contributed by atoms with van der Waals surface area (Å²) < 4.78 is 0. The second kappa shape index (κ2) is 3.21. The average molecular weight is 194 g/mol. The van der Waals surface area contributed by atoms with E-state index in [1.165, 1.54) is 64.2 Å². The van der Waals surface area contributed by atoms with Gasteiger partial charge in [-0.2, -0.15) is 0 Å². The van der Waals surface area contributed by atoms with Gasteiger partial charge in [0, 0.05) is 0 Å². The molecule has 3 rings (SSSR count). The Balaban J connectivity index is 1.73. The first kappa shape index (κ1) is 9.17. The minimum absolute atomic E-state index is 0.391. The molecule has 14 heavy (non-hydrogen) atoms. The fourth-order valence-corrected chi connectivity index (χ4v) is 3.79. The predicted octanol–water partition coefficient (Wildman–Crippen LogP) is 2.71. The summed E-state index contributed by atoms with van der Waals surface area (Å²) in [5.74, 6) is 0. The fraction of sp³-hybridized carbons (Fsp3) is 1.00. The minimum atomic E-state index is 0.391. The third-order valence-electron chi connectivity index (χ3n) is 4.63. The molecule has 1 aliphatic heterocycles. The highest BCUT2D eigenvalue weighted by Crippen LogP contribution is 2.50. The van der Waals surface area contributed by atoms with Crippen molar-refractivity contribution in [3.8, 4) is 0 Å². The van der Waals surface area contributed by atoms with E-state index in [-0.39, 0.29) is 0 Å². The van der Waals surface area contributed by atoms with Gasteiger partial charge in [-0.15, -0.1) is 0 Å². The number of rotatable bonds is 0. The SMILES string of the molecule is C1CCCC2(CC1)CCCC1(C2)NN1. The van der Waals surface area contributed by atoms with E-state index in [4.69, 9.17) is 0 Å². The molecule has 0 aromatic rings. The smallest absolute Gasteiger partial charge is 0.0948 e. The largest absolute Gasteiger partial charge is 0.235 e. The van der Waals surface area contributed by atoms with Crippen molar-refractivity contribution in [2.45, 2.75) is 69.9 Å². The Morgan fingerprint density at radius 1 is 0.643 bits per heavy atom. The van der Waals surface area contributed by atoms with E-state index in [1.54, 1.807) is 0 Å². The second-order valence-electron chi connectivity index (χ2n) is 5.78. The van der Waals surface area contributed by atoms with Crippen LogP contribution in [0.3, 0.4) is 0 Å². The van der Waals surface area contributed by atoms with Crippen LogP contribution in [0.15, 0.2) is 0 Å². The first-order chi connectivity index (χ1) is 6.83. The van der Waals surface area contributed by atoms with Gasteiger partial charge in [0.15, 0.2) is 0 Å². The third-order valence-corrected chi connectivity index (χ3v) is 4.63. The quantitative estimate of drug-likeness (QED) is 0.582. The molecular formula is C12H22N2. The van der Waals surface area contributed by atoms with Crippen LogP contribution in [0.1, 0.15) is 64.2 Å². The lowest BCUT2D eigenvalue weighted by molar-refractivity contribution is 0.129. The maximum absolute atomic E-state index is 3.39. The molecule has 0 aromatic carbocycles. The Kier molecular flexibility index (Phi) is 2.10. The molecule has 2 nitrogen and oxygen atoms in total. The summed E-state index contributed by atoms with van der Waals surface area (Å²) in [4.78, 5) is 0. The first-order valence-corrected chi connectivity index (χ1v) is 6.37. The molecule has 3 fully saturated rings. The Morgan fingerprint density at radius 2 is 1.29 bits per heavy atom. The molecule has 2 aliphatic carbocycles. The van der Waals surface area contributed by atoms with Crippen LogP contribution in [0.5, 0.6) is 0 Å². The standard InChI is InChI=1S/C12H22N2/c1-2-4-7-11(6-3-1)8-5-9-12(10-11)13-14-12/h13-14H,1-10H2. The van der Waals surface area contributed by atoms with Gasteiger partial charge in [-0.3, -0.25) is 0 Å². The van der Waals surface area contributed by atoms with E-state index in [2.05, 4.69) is 10.9 Å². The molecule has 2 heteroatoms. The van der Waals surface area contributed by atoms with Gasteiger partial charge in [0.25, 0.3) is 0 Å². The summed E-state index contributed by atoms with van der Waals surface area (Å²) in [6.45, 7) is 0. The Labute approximate surface area is 86.8 Å². The normalized spacial score (nSPS) is 34.3. The summed E-state index contributed by atoms with van der Waals surface area (Å²) >= 11 is 0. The number of nitrogens with one attached hydrogen (secondary N) is 2. The van der Waals surface area contributed by atoms with Gasteiger partial charge < -0.3 is 0 Å². The molecule has 0 bridgehead atoms. The van der Waals surface area contributed by atoms with Crippen molar-refractivity contribution < 1.29 is 0 Å². The van der Waals surface area contributed by atoms with Crippen LogP contribution in [0, 0.1) is 5.41 Å². The minimum Gasteiger partial charge on any atom is -0.235 e. The molecule has 1 heterocycles. The molecule has 0 unspecified atom stereocenters. The maximum atomic E-state index is 3.39. The van der Waals surface area contributed by atoms with Crippen molar-refractivity contribution in [3.05, 3.63) is 0 Å². The molecule has 0 atom stereocenters. The molecule has 0 amide bonds. The van der Waals surface area contributed by atoms with Crippen molar-refractivity contribution in [3.63, 3.8) is 0 Å². The predicted molar refractivity (Wildman–Crippen MR) is 57.6 cm³/mol. The van der Waals surface area contributed by atoms with Gasteiger partial charge in [-0.05, 0) is 43.9 Å². The first-order valence-electron chi connectivity index (χ1n) is 6.37. The fourth-order valence-electron chi connectivity index (χ4n) is 3.79. The summed E-state index contributed by atoms with van der Waals surface area (Å²) in [5, 5.41) is 0. The van der Waals surface area contributed by atoms with Gasteiger partial charge in [-0.25, -0.2) is 10.9 Å². The number of hydrogen-bond donors (Lipinski definition) is 2. The van der Waals surface area contributed by atoms with Crippen LogP contribution in [-0.4, -0.2) is 5.66 Å². The van der Waals surface area contributed by atoms with Crippen LogP contribution in [0.4, 0.5) is 0 Å². The molecule has 2 spiro atoms. The van der Waals surface area contributed by atoms with Crippen LogP contribution < -0.4 is 10.9 Å². The van der Waals surface area contributed by atoms with Gasteiger partial charge in [0.2, 0.25) is 0 Å². The highest BCUT2D eigenvalue weighted by molar-refractivity contribution is 5.03. The highest BCUT2D eigenvalue weighted by atomic mass is 15.7. The van der Waals surface area contributed by atoms with E-state index < -0.39 is 0 Å². The van der Waals surface area contributed by atoms with E-state index in [9.17, 15) is 0 Å². The summed E-state index contributed by atoms with van der Waals surface area (Å²) in [5.41, 5.74) is 7.89. The topological polar surface area (TPSA) is 43.9 Å². The lowest BCUT2D eigenvalue weighted by atomic mass is 9.66. The molecular weight excluding hydrogens is 172 g/mol. The van der Waals surface area contributed by atoms with Gasteiger partial charge >= 0.3 is 0 Å². The van der Waals surface area contributed by atoms with Crippen LogP contribution in [0.25, 0.3) is 0 Å². The zero-order valence-electron chi connectivity index (χ0n) is 9.07. The molecule has 0 radical (unpaired) electrons. The Hall–Kier alpha value is -0.0800. The number of hydrogen-bond acceptors (Lipinski definition) is 2. The maximum Gasteiger partial charge on any atom is 0.0948 e. The molecule has 3 aliphatic rings. The lowest BCUT2D eigenvalue weighted by Crippen LogP contribution is -2.35. The second-order valence-corrected chi connectivity index (χ2v) is 5.78. The molecule has 2 saturated carbocycles. The van der Waals surface area contributed by atoms with Gasteiger partial charge in [0.1, 0.15) is 0 Å². The van der Waals surface area contributed by atoms with Crippen LogP contribution in [0.2, 0.25) is 0 Å². The zero-order chi connectivity index (χ0) is 9.49. The number of hydrazine groups is 1. The summed E-state index contributed by atoms with van der Waals surface area (Å²) in [6, 6.07) is 0. The average Bonchev–Trinajstić information content (AvgIpc) is 2.94. The van der Waals surface area contributed by atoms with E-state index in [0.717, 1.165) is 0 Å². The monoisotopic (exact) mass is 194 g/mol. The van der Waals surface area contributed by atoms with Crippen molar-refractivity contribution in [1.82, 2.24) is 10.9 Å². The van der Waals surface area contributed by atoms with E-state index in [1.807, 2.05) is 0 Å². The van der Waals surface area contributed by atoms with Crippen molar-refractivity contribution in [1.29, 1.82) is 0 Å². The molecule has 0 aromatic heterocycles. The van der Waals surface area contributed by atoms with Gasteiger partial charge in [-0.1, -0.05) is 25.7 Å². The molecule has 80 valence electrons. The van der Waals surface area contributed by atoms with Crippen LogP contribution >= 0.6 is 0 Å². The summed E-state index contributed by atoms with van der Waals surface area (Å²) in [7, 11) is 0. The molecule has 1 saturated heterocycles. The van der Waals surface area contributed by atoms with Crippen molar-refractivity contribution >= 4 is 0 Å². The highest BCUT2D eigenvalue weighted by Gasteiger charge is 2.50. The van der Waals surface area contributed by atoms with Crippen molar-refractivity contribution in [2.75, 3.05) is 0 Å². The van der Waals surface area contributed by atoms with E-state index in [0.29, 0.717) is 11.1 Å². The Morgan fingerprint density at radius 3 is 1.93 bits per heavy atom. The molecule has 2 N–H and O–H groups in total. The van der Waals surface area contributed by atoms with E-state index >= 15 is 0 Å². The third kappa shape index (κ3) is 1.59. The van der Waals surface area contributed by atoms with Gasteiger partial charge in [0.05, 0.1) is 5.66 Å². The Bertz CT molecular complexity index is 212. The summed E-state index contributed by atoms with van der Waals surface area (Å²) in [6.07, 6.45) is 14.6. The van der Waals surface area contributed by atoms with Crippen LogP contribution in [-0.2, 0) is 0 Å². The zero-order valence-corrected chi connectivity index (χ0v) is 9.07. The van der Waals surface area contributed by atoms with Crippen molar-refractivity contribution in [2.24, 2.45) is 5.41 Å². The lowest BCUT2D eigenvalue weighted by Gasteiger charge is -2.39.